The molecule has 2 heterocycles. The lowest BCUT2D eigenvalue weighted by molar-refractivity contribution is 0.397. The molecule has 1 aliphatic heterocycles. The Morgan fingerprint density at radius 1 is 1.35 bits per heavy atom. The molecular weight excluding hydrogens is 216 g/mol. The zero-order chi connectivity index (χ0) is 11.7. The van der Waals surface area contributed by atoms with Crippen LogP contribution >= 0.6 is 0 Å². The molecule has 3 rings (SSSR count). The summed E-state index contributed by atoms with van der Waals surface area (Å²) in [4.78, 5) is 11.0. The summed E-state index contributed by atoms with van der Waals surface area (Å²) in [5.41, 5.74) is 0.952. The maximum absolute atomic E-state index is 5.28. The quantitative estimate of drug-likeness (QED) is 0.843. The van der Waals surface area contributed by atoms with Gasteiger partial charge in [0.1, 0.15) is 12.0 Å². The Morgan fingerprint density at radius 3 is 2.94 bits per heavy atom. The third-order valence-corrected chi connectivity index (χ3v) is 3.68. The Hall–Kier alpha value is -1.52. The summed E-state index contributed by atoms with van der Waals surface area (Å²) in [6, 6.07) is 0.649. The number of aromatic nitrogens is 2. The average molecular weight is 234 g/mol. The first kappa shape index (κ1) is 10.6. The standard InChI is InChI=1S/C12H18N4O/c1-17-12-10-11(14-8-15-12)16(7-6-13-10)9-4-2-3-5-9/h8-9,13H,2-7H2,1H3. The van der Waals surface area contributed by atoms with Crippen LogP contribution in [-0.4, -0.2) is 36.2 Å². The maximum atomic E-state index is 5.28. The molecule has 0 unspecified atom stereocenters. The Balaban J connectivity index is 1.95. The van der Waals surface area contributed by atoms with E-state index in [-0.39, 0.29) is 0 Å². The van der Waals surface area contributed by atoms with E-state index in [0.29, 0.717) is 11.9 Å². The third kappa shape index (κ3) is 1.79. The van der Waals surface area contributed by atoms with Gasteiger partial charge in [-0.1, -0.05) is 12.8 Å². The van der Waals surface area contributed by atoms with E-state index in [1.165, 1.54) is 25.7 Å². The second-order valence-corrected chi connectivity index (χ2v) is 4.64. The molecule has 1 aromatic rings. The zero-order valence-corrected chi connectivity index (χ0v) is 10.1. The minimum Gasteiger partial charge on any atom is -0.479 e. The van der Waals surface area contributed by atoms with Gasteiger partial charge in [-0.2, -0.15) is 4.98 Å². The SMILES string of the molecule is COc1ncnc2c1NCCN2C1CCCC1. The van der Waals surface area contributed by atoms with Crippen LogP contribution in [0.15, 0.2) is 6.33 Å². The van der Waals surface area contributed by atoms with Crippen LogP contribution in [0.1, 0.15) is 25.7 Å². The molecule has 1 aliphatic carbocycles. The summed E-state index contributed by atoms with van der Waals surface area (Å²) < 4.78 is 5.28. The number of ether oxygens (including phenoxy) is 1. The highest BCUT2D eigenvalue weighted by molar-refractivity contribution is 5.73. The number of nitrogens with one attached hydrogen (secondary N) is 1. The summed E-state index contributed by atoms with van der Waals surface area (Å²) in [7, 11) is 1.65. The van der Waals surface area contributed by atoms with E-state index in [2.05, 4.69) is 20.2 Å². The smallest absolute Gasteiger partial charge is 0.242 e. The van der Waals surface area contributed by atoms with Crippen molar-refractivity contribution in [2.24, 2.45) is 0 Å². The third-order valence-electron chi connectivity index (χ3n) is 3.68. The van der Waals surface area contributed by atoms with Gasteiger partial charge >= 0.3 is 0 Å². The molecule has 92 valence electrons. The first-order valence-corrected chi connectivity index (χ1v) is 6.29. The molecule has 0 radical (unpaired) electrons. The molecule has 0 aromatic carbocycles. The lowest BCUT2D eigenvalue weighted by Crippen LogP contribution is -2.41. The summed E-state index contributed by atoms with van der Waals surface area (Å²) >= 11 is 0. The summed E-state index contributed by atoms with van der Waals surface area (Å²) in [6.07, 6.45) is 6.84. The maximum Gasteiger partial charge on any atom is 0.242 e. The van der Waals surface area contributed by atoms with E-state index in [9.17, 15) is 0 Å². The lowest BCUT2D eigenvalue weighted by Gasteiger charge is -2.35. The topological polar surface area (TPSA) is 50.3 Å². The number of rotatable bonds is 2. The predicted molar refractivity (Wildman–Crippen MR) is 66.7 cm³/mol. The van der Waals surface area contributed by atoms with Gasteiger partial charge in [0, 0.05) is 19.1 Å². The minimum atomic E-state index is 0.649. The molecule has 2 aliphatic rings. The van der Waals surface area contributed by atoms with Crippen molar-refractivity contribution in [3.63, 3.8) is 0 Å². The van der Waals surface area contributed by atoms with Gasteiger partial charge < -0.3 is 15.0 Å². The van der Waals surface area contributed by atoms with E-state index in [1.54, 1.807) is 13.4 Å². The molecule has 17 heavy (non-hydrogen) atoms. The monoisotopic (exact) mass is 234 g/mol. The second kappa shape index (κ2) is 4.39. The minimum absolute atomic E-state index is 0.649. The van der Waals surface area contributed by atoms with Crippen LogP contribution in [0, 0.1) is 0 Å². The molecule has 1 saturated carbocycles. The van der Waals surface area contributed by atoms with Crippen molar-refractivity contribution in [3.05, 3.63) is 6.33 Å². The van der Waals surface area contributed by atoms with Gasteiger partial charge in [-0.3, -0.25) is 0 Å². The van der Waals surface area contributed by atoms with Crippen LogP contribution in [-0.2, 0) is 0 Å². The number of hydrogen-bond acceptors (Lipinski definition) is 5. The van der Waals surface area contributed by atoms with Crippen LogP contribution in [0.3, 0.4) is 0 Å². The zero-order valence-electron chi connectivity index (χ0n) is 10.1. The number of anilines is 2. The molecule has 0 atom stereocenters. The van der Waals surface area contributed by atoms with Gasteiger partial charge in [-0.15, -0.1) is 0 Å². The Labute approximate surface area is 101 Å². The van der Waals surface area contributed by atoms with Crippen LogP contribution in [0.25, 0.3) is 0 Å². The lowest BCUT2D eigenvalue weighted by atomic mass is 10.2. The van der Waals surface area contributed by atoms with Crippen molar-refractivity contribution in [2.75, 3.05) is 30.4 Å². The van der Waals surface area contributed by atoms with Gasteiger partial charge in [-0.05, 0) is 12.8 Å². The van der Waals surface area contributed by atoms with Crippen molar-refractivity contribution < 1.29 is 4.74 Å². The molecular formula is C12H18N4O. The number of nitrogens with zero attached hydrogens (tertiary/aromatic N) is 3. The van der Waals surface area contributed by atoms with Crippen molar-refractivity contribution >= 4 is 11.5 Å². The summed E-state index contributed by atoms with van der Waals surface area (Å²) in [5.74, 6) is 1.66. The molecule has 1 N–H and O–H groups in total. The van der Waals surface area contributed by atoms with Gasteiger partial charge in [0.25, 0.3) is 0 Å². The Morgan fingerprint density at radius 2 is 2.18 bits per heavy atom. The second-order valence-electron chi connectivity index (χ2n) is 4.64. The van der Waals surface area contributed by atoms with E-state index < -0.39 is 0 Å². The molecule has 5 heteroatoms. The number of hydrogen-bond donors (Lipinski definition) is 1. The highest BCUT2D eigenvalue weighted by Gasteiger charge is 2.29. The fourth-order valence-corrected chi connectivity index (χ4v) is 2.87. The van der Waals surface area contributed by atoms with E-state index in [4.69, 9.17) is 4.74 Å². The molecule has 1 fully saturated rings. The number of methoxy groups -OCH3 is 1. The largest absolute Gasteiger partial charge is 0.479 e. The van der Waals surface area contributed by atoms with Crippen molar-refractivity contribution in [3.8, 4) is 5.88 Å². The number of fused-ring (bicyclic) bond motifs is 1. The van der Waals surface area contributed by atoms with Crippen molar-refractivity contribution in [2.45, 2.75) is 31.7 Å². The molecule has 1 aromatic heterocycles. The van der Waals surface area contributed by atoms with Gasteiger partial charge in [0.15, 0.2) is 5.82 Å². The van der Waals surface area contributed by atoms with Crippen LogP contribution in [0.5, 0.6) is 5.88 Å². The van der Waals surface area contributed by atoms with Crippen LogP contribution < -0.4 is 15.0 Å². The molecule has 0 spiro atoms. The first-order chi connectivity index (χ1) is 8.40. The Bertz CT molecular complexity index is 403. The normalized spacial score (nSPS) is 19.9. The summed E-state index contributed by atoms with van der Waals surface area (Å²) in [5, 5.41) is 3.34. The van der Waals surface area contributed by atoms with Gasteiger partial charge in [0.2, 0.25) is 5.88 Å². The van der Waals surface area contributed by atoms with Crippen LogP contribution in [0.2, 0.25) is 0 Å². The average Bonchev–Trinajstić information content (AvgIpc) is 2.91. The fourth-order valence-electron chi connectivity index (χ4n) is 2.87. The highest BCUT2D eigenvalue weighted by atomic mass is 16.5. The Kier molecular flexibility index (Phi) is 2.74. The first-order valence-electron chi connectivity index (χ1n) is 6.29. The fraction of sp³-hybridized carbons (Fsp3) is 0.667. The summed E-state index contributed by atoms with van der Waals surface area (Å²) in [6.45, 7) is 1.96. The van der Waals surface area contributed by atoms with Crippen LogP contribution in [0.4, 0.5) is 11.5 Å². The van der Waals surface area contributed by atoms with E-state index in [1.807, 2.05) is 0 Å². The van der Waals surface area contributed by atoms with Crippen molar-refractivity contribution in [1.82, 2.24) is 9.97 Å². The van der Waals surface area contributed by atoms with Crippen molar-refractivity contribution in [1.29, 1.82) is 0 Å². The van der Waals surface area contributed by atoms with Gasteiger partial charge in [-0.25, -0.2) is 4.98 Å². The molecule has 5 nitrogen and oxygen atoms in total. The molecule has 0 saturated heterocycles. The molecule has 0 bridgehead atoms. The van der Waals surface area contributed by atoms with Gasteiger partial charge in [0.05, 0.1) is 7.11 Å². The van der Waals surface area contributed by atoms with E-state index >= 15 is 0 Å². The highest BCUT2D eigenvalue weighted by Crippen LogP contribution is 2.37. The molecule has 0 amide bonds. The van der Waals surface area contributed by atoms with E-state index in [0.717, 1.165) is 24.6 Å². The predicted octanol–water partition coefficient (Wildman–Crippen LogP) is 1.66.